The Balaban J connectivity index is 6.80. The first-order valence-corrected chi connectivity index (χ1v) is 54.8. The fourth-order valence-corrected chi connectivity index (χ4v) is 32.9. The van der Waals surface area contributed by atoms with Gasteiger partial charge in [-0.1, -0.05) is 0 Å². The van der Waals surface area contributed by atoms with E-state index in [1.807, 2.05) is 0 Å². The quantitative estimate of drug-likeness (QED) is 0.0317. The summed E-state index contributed by atoms with van der Waals surface area (Å²) < 4.78 is 251. The topological polar surface area (TPSA) is 868 Å². The van der Waals surface area contributed by atoms with Gasteiger partial charge in [0.05, 0.1) is 6.29 Å². The van der Waals surface area contributed by atoms with Crippen LogP contribution in [0.4, 0.5) is 0 Å². The Hall–Kier alpha value is 2.70. The first-order chi connectivity index (χ1) is 39.8. The minimum Gasteiger partial charge on any atom is -0.344 e. The van der Waals surface area contributed by atoms with Gasteiger partial charge in [-0.05, 0) is 0 Å². The molecule has 92 heavy (non-hydrogen) atoms. The van der Waals surface area contributed by atoms with E-state index in [1.54, 1.807) is 0 Å². The third kappa shape index (κ3) is 49.3. The fraction of sp³-hybridized carbons (Fsp3) is 1.00. The van der Waals surface area contributed by atoms with E-state index in [2.05, 4.69) is 26.1 Å². The first kappa shape index (κ1) is 94.7. The molecule has 0 saturated carbocycles. The molecule has 0 aliphatic heterocycles. The molecule has 0 aromatic heterocycles. The van der Waals surface area contributed by atoms with Gasteiger partial charge in [-0.3, -0.25) is 112 Å². The van der Waals surface area contributed by atoms with Crippen molar-refractivity contribution in [2.75, 3.05) is 127 Å². The molecule has 12 atom stereocenters. The van der Waals surface area contributed by atoms with Crippen molar-refractivity contribution >= 4 is 136 Å². The molecule has 0 fully saturated rings. The molecule has 0 aliphatic rings. The van der Waals surface area contributed by atoms with Crippen LogP contribution in [-0.4, -0.2) is 274 Å². The molecule has 54 nitrogen and oxygen atoms in total. The Labute approximate surface area is 516 Å². The lowest BCUT2D eigenvalue weighted by Gasteiger charge is -2.30. The largest absolute Gasteiger partial charge is 0.349 e. The minimum atomic E-state index is -6.31. The summed E-state index contributed by atoms with van der Waals surface area (Å²) in [6.07, 6.45) is -35.1. The molecule has 12 unspecified atom stereocenters. The van der Waals surface area contributed by atoms with E-state index in [-0.39, 0.29) is 19.6 Å². The Morgan fingerprint density at radius 3 is 0.402 bits per heavy atom. The average Bonchev–Trinajstić information content (AvgIpc) is 0.830. The maximum atomic E-state index is 13.3. The monoisotopic (exact) mass is 1720 g/mol. The van der Waals surface area contributed by atoms with Crippen molar-refractivity contribution in [3.63, 3.8) is 0 Å². The summed E-state index contributed by atoms with van der Waals surface area (Å²) in [6.45, 7) is 0.595. The SMILES string of the molecule is COP(=O)(O)CN(CP(=O)(O)O)CP(=O)(O)OP(=O)(O)CN(CP(=O)(O)O)CP(=O)(O)OP(=O)(O)CN(CP(=O)(O)O)CP(=O)(O)OP(=O)(O)CN(CP(=O)(O)O)CP(=O)(O)OP(=O)(O)CN(CP(=O)(O)O)CP(=O)(O)OP(=O)(O)CN(CP(C)(=O)O)CP(=O)(O)O. The second kappa shape index (κ2) is 34.5. The average molecular weight is 1720 g/mol. The van der Waals surface area contributed by atoms with Gasteiger partial charge in [-0.25, -0.2) is 21.6 Å². The molecule has 0 bridgehead atoms. The molecule has 24 N–H and O–H groups in total. The molecule has 0 saturated heterocycles. The third-order valence-electron chi connectivity index (χ3n) is 8.49. The predicted octanol–water partition coefficient (Wildman–Crippen LogP) is -1.23. The summed E-state index contributed by atoms with van der Waals surface area (Å²) in [4.78, 5) is 236. The molecule has 0 heterocycles. The van der Waals surface area contributed by atoms with Gasteiger partial charge in [0.1, 0.15) is 107 Å². The smallest absolute Gasteiger partial charge is 0.344 e. The summed E-state index contributed by atoms with van der Waals surface area (Å²) in [5, 5.41) is 0. The Morgan fingerprint density at radius 2 is 0.304 bits per heavy atom. The molecule has 554 valence electrons. The lowest BCUT2D eigenvalue weighted by molar-refractivity contribution is 0.252. The van der Waals surface area contributed by atoms with Crippen LogP contribution in [0.2, 0.25) is 0 Å². The van der Waals surface area contributed by atoms with Gasteiger partial charge in [-0.15, -0.1) is 0 Å². The predicted molar refractivity (Wildman–Crippen MR) is 307 cm³/mol. The van der Waals surface area contributed by atoms with E-state index in [0.717, 1.165) is 0 Å². The van der Waals surface area contributed by atoms with Crippen LogP contribution in [0.3, 0.4) is 0 Å². The van der Waals surface area contributed by atoms with Gasteiger partial charge in [0.15, 0.2) is 0 Å². The van der Waals surface area contributed by atoms with Crippen molar-refractivity contribution in [3.8, 4) is 0 Å². The minimum absolute atomic E-state index is 0.0204. The van der Waals surface area contributed by atoms with Gasteiger partial charge >= 0.3 is 129 Å². The molecule has 0 aromatic carbocycles. The number of rotatable bonds is 47. The Morgan fingerprint density at radius 1 is 0.196 bits per heavy atom. The number of nitrogens with zero attached hydrogens (tertiary/aromatic N) is 6. The second-order valence-corrected chi connectivity index (χ2v) is 52.0. The van der Waals surface area contributed by atoms with Gasteiger partial charge in [0.2, 0.25) is 7.37 Å². The molecule has 0 spiro atoms. The molecule has 0 rings (SSSR count). The van der Waals surface area contributed by atoms with Gasteiger partial charge < -0.3 is 122 Å². The lowest BCUT2D eigenvalue weighted by Crippen LogP contribution is -2.30. The molecule has 0 amide bonds. The van der Waals surface area contributed by atoms with E-state index >= 15 is 0 Å². The fourth-order valence-electron chi connectivity index (χ4n) is 6.83. The summed E-state index contributed by atoms with van der Waals surface area (Å²) >= 11 is 0. The van der Waals surface area contributed by atoms with Crippen molar-refractivity contribution in [2.45, 2.75) is 0 Å². The third-order valence-corrected chi connectivity index (χ3v) is 33.1. The number of hydrogen-bond acceptors (Lipinski definition) is 30. The van der Waals surface area contributed by atoms with E-state index in [0.29, 0.717) is 13.8 Å². The highest BCUT2D eigenvalue weighted by atomic mass is 31.3. The van der Waals surface area contributed by atoms with E-state index in [4.69, 9.17) is 0 Å². The van der Waals surface area contributed by atoms with Crippen LogP contribution in [0.1, 0.15) is 0 Å². The summed E-state index contributed by atoms with van der Waals surface area (Å²) in [7, 11) is -103. The molecule has 0 aromatic rings. The standard InChI is InChI=1S/C20H66N6O48P18/c1-69-82(47,48)10-22(5-77(32,33)34)12-84(51,52)71-86(55,56)14-24(7-79(38,39)40)16-88(59,60)73-90(63,64)18-26(9-81(44,45)46)20-92(67,68)74-91(65,66)19-25(8-80(41,42)43)17-89(61,62)72-87(57,58)15-23(6-78(35,36)37)13-85(53,54)70-83(49,50)11-21(3-75(2,27)28)4-76(29,30)31/h3-20H2,1-2H3,(H,27,28)(H,47,48)(H,49,50)(H,51,52)(H,53,54)(H,55,56)(H,57,58)(H,59,60)(H,61,62)(H,63,64)(H,65,66)(H,67,68)(H2,29,30,31)(H2,32,33,34)(H2,35,36,37)(H2,38,39,40)(H2,41,42,43)(H2,44,45,46). The van der Waals surface area contributed by atoms with Crippen molar-refractivity contribution in [1.82, 2.24) is 29.4 Å². The Bertz CT molecular complexity index is 3440. The van der Waals surface area contributed by atoms with E-state index in [9.17, 15) is 200 Å². The molecule has 72 heteroatoms. The summed E-state index contributed by atoms with van der Waals surface area (Å²) in [5.74, 6) is 0. The van der Waals surface area contributed by atoms with Crippen molar-refractivity contribution < 1.29 is 226 Å². The van der Waals surface area contributed by atoms with E-state index < -0.39 is 259 Å². The highest BCUT2D eigenvalue weighted by Gasteiger charge is 2.47. The van der Waals surface area contributed by atoms with Crippen LogP contribution < -0.4 is 0 Å². The maximum Gasteiger partial charge on any atom is 0.349 e. The van der Waals surface area contributed by atoms with Crippen LogP contribution >= 0.6 is 136 Å². The van der Waals surface area contributed by atoms with Crippen molar-refractivity contribution in [1.29, 1.82) is 0 Å². The van der Waals surface area contributed by atoms with Crippen molar-refractivity contribution in [2.24, 2.45) is 0 Å². The lowest BCUT2D eigenvalue weighted by atomic mass is 11.0. The van der Waals surface area contributed by atoms with Crippen LogP contribution in [0.5, 0.6) is 0 Å². The second-order valence-electron chi connectivity index (χ2n) is 19.2. The van der Waals surface area contributed by atoms with Crippen molar-refractivity contribution in [3.05, 3.63) is 0 Å². The van der Waals surface area contributed by atoms with Gasteiger partial charge in [0.25, 0.3) is 0 Å². The summed E-state index contributed by atoms with van der Waals surface area (Å²) in [5.41, 5.74) is 0. The van der Waals surface area contributed by atoms with Crippen LogP contribution in [0.15, 0.2) is 0 Å². The zero-order chi connectivity index (χ0) is 73.4. The highest BCUT2D eigenvalue weighted by Crippen LogP contribution is 2.68. The van der Waals surface area contributed by atoms with Crippen LogP contribution in [0.25, 0.3) is 0 Å². The molecular weight excluding hydrogens is 1650 g/mol. The Kier molecular flexibility index (Phi) is 35.5. The normalized spacial score (nSPS) is 21.8. The zero-order valence-electron chi connectivity index (χ0n) is 46.0. The van der Waals surface area contributed by atoms with Gasteiger partial charge in [-0.2, -0.15) is 0 Å². The number of hydrogen-bond donors (Lipinski definition) is 24. The maximum absolute atomic E-state index is 13.3. The zero-order valence-corrected chi connectivity index (χ0v) is 62.1. The van der Waals surface area contributed by atoms with Crippen LogP contribution in [0, 0.1) is 0 Å². The molecule has 0 radical (unpaired) electrons. The summed E-state index contributed by atoms with van der Waals surface area (Å²) in [6, 6.07) is 0. The van der Waals surface area contributed by atoms with E-state index in [1.165, 1.54) is 0 Å². The van der Waals surface area contributed by atoms with Crippen LogP contribution in [-0.2, 0) is 108 Å². The highest BCUT2D eigenvalue weighted by molar-refractivity contribution is 7.69. The van der Waals surface area contributed by atoms with Gasteiger partial charge in [0, 0.05) is 13.8 Å². The first-order valence-electron chi connectivity index (χ1n) is 22.3. The molecular formula is C20H66N6O48P18. The molecule has 0 aliphatic carbocycles.